The van der Waals surface area contributed by atoms with Gasteiger partial charge in [0, 0.05) is 5.02 Å². The average molecular weight is 402 g/mol. The monoisotopic (exact) mass is 401 g/mol. The second-order valence-corrected chi connectivity index (χ2v) is 8.38. The molecule has 0 aliphatic heterocycles. The van der Waals surface area contributed by atoms with Crippen LogP contribution in [-0.4, -0.2) is 15.5 Å². The van der Waals surface area contributed by atoms with E-state index in [1.165, 1.54) is 4.31 Å². The van der Waals surface area contributed by atoms with Crippen LogP contribution >= 0.6 is 11.6 Å². The molecule has 0 saturated heterocycles. The van der Waals surface area contributed by atoms with E-state index in [-0.39, 0.29) is 11.4 Å². The Balaban J connectivity index is 2.11. The first-order valence-electron chi connectivity index (χ1n) is 8.38. The topological polar surface area (TPSA) is 46.6 Å². The van der Waals surface area contributed by atoms with Crippen LogP contribution in [0.3, 0.4) is 0 Å². The fourth-order valence-corrected chi connectivity index (χ4v) is 4.71. The predicted molar refractivity (Wildman–Crippen MR) is 109 cm³/mol. The summed E-state index contributed by atoms with van der Waals surface area (Å²) in [7, 11) is -2.20. The molecule has 0 N–H and O–H groups in total. The molecule has 0 amide bonds. The highest BCUT2D eigenvalue weighted by Crippen LogP contribution is 2.30. The second-order valence-electron chi connectivity index (χ2n) is 6.11. The van der Waals surface area contributed by atoms with Gasteiger partial charge in [0.05, 0.1) is 24.2 Å². The standard InChI is InChI=1S/C21H20ClNO3S/c1-16-7-3-4-12-21(16)27(24,25)23(19-10-6-9-18(22)14-19)15-17-8-5-11-20(13-17)26-2/h3-14H,15H2,1-2H3. The summed E-state index contributed by atoms with van der Waals surface area (Å²) in [5, 5.41) is 0.475. The van der Waals surface area contributed by atoms with Gasteiger partial charge in [-0.15, -0.1) is 0 Å². The first-order valence-corrected chi connectivity index (χ1v) is 10.2. The van der Waals surface area contributed by atoms with Crippen molar-refractivity contribution >= 4 is 27.3 Å². The Morgan fingerprint density at radius 1 is 0.963 bits per heavy atom. The number of rotatable bonds is 6. The third-order valence-corrected chi connectivity index (χ3v) is 6.39. The van der Waals surface area contributed by atoms with Gasteiger partial charge in [0.15, 0.2) is 0 Å². The quantitative estimate of drug-likeness (QED) is 0.580. The molecule has 27 heavy (non-hydrogen) atoms. The van der Waals surface area contributed by atoms with Crippen LogP contribution < -0.4 is 9.04 Å². The number of nitrogens with zero attached hydrogens (tertiary/aromatic N) is 1. The van der Waals surface area contributed by atoms with Gasteiger partial charge < -0.3 is 4.74 Å². The zero-order valence-corrected chi connectivity index (χ0v) is 16.7. The molecule has 3 aromatic rings. The maximum atomic E-state index is 13.5. The molecule has 0 radical (unpaired) electrons. The van der Waals surface area contributed by atoms with Gasteiger partial charge in [0.2, 0.25) is 0 Å². The van der Waals surface area contributed by atoms with Gasteiger partial charge in [0.1, 0.15) is 5.75 Å². The lowest BCUT2D eigenvalue weighted by Gasteiger charge is -2.26. The van der Waals surface area contributed by atoms with Gasteiger partial charge in [-0.1, -0.05) is 48.0 Å². The van der Waals surface area contributed by atoms with E-state index in [1.54, 1.807) is 56.5 Å². The van der Waals surface area contributed by atoms with Crippen molar-refractivity contribution in [1.82, 2.24) is 0 Å². The lowest BCUT2D eigenvalue weighted by Crippen LogP contribution is -2.31. The van der Waals surface area contributed by atoms with Crippen LogP contribution in [0.15, 0.2) is 77.7 Å². The number of sulfonamides is 1. The number of aryl methyl sites for hydroxylation is 1. The molecule has 0 spiro atoms. The summed E-state index contributed by atoms with van der Waals surface area (Å²) in [5.41, 5.74) is 2.01. The molecule has 3 aromatic carbocycles. The third-order valence-electron chi connectivity index (χ3n) is 4.22. The minimum absolute atomic E-state index is 0.161. The highest BCUT2D eigenvalue weighted by Gasteiger charge is 2.27. The fraction of sp³-hybridized carbons (Fsp3) is 0.143. The third kappa shape index (κ3) is 4.26. The van der Waals surface area contributed by atoms with Gasteiger partial charge in [0.25, 0.3) is 10.0 Å². The Hall–Kier alpha value is -2.50. The summed E-state index contributed by atoms with van der Waals surface area (Å²) < 4.78 is 33.6. The Labute approximate surface area is 165 Å². The summed E-state index contributed by atoms with van der Waals surface area (Å²) >= 11 is 6.13. The lowest BCUT2D eigenvalue weighted by atomic mass is 10.2. The van der Waals surface area contributed by atoms with Crippen molar-refractivity contribution in [3.05, 3.63) is 88.9 Å². The van der Waals surface area contributed by atoms with Crippen molar-refractivity contribution in [2.24, 2.45) is 0 Å². The van der Waals surface area contributed by atoms with Crippen molar-refractivity contribution in [2.75, 3.05) is 11.4 Å². The van der Waals surface area contributed by atoms with E-state index in [9.17, 15) is 8.42 Å². The Kier molecular flexibility index (Phi) is 5.73. The van der Waals surface area contributed by atoms with Crippen molar-refractivity contribution in [2.45, 2.75) is 18.4 Å². The van der Waals surface area contributed by atoms with Crippen molar-refractivity contribution < 1.29 is 13.2 Å². The first kappa shape index (κ1) is 19.3. The first-order chi connectivity index (χ1) is 12.9. The van der Waals surface area contributed by atoms with Crippen LogP contribution in [0.1, 0.15) is 11.1 Å². The number of halogens is 1. The van der Waals surface area contributed by atoms with Crippen LogP contribution in [0.4, 0.5) is 5.69 Å². The van der Waals surface area contributed by atoms with E-state index in [4.69, 9.17) is 16.3 Å². The van der Waals surface area contributed by atoms with Crippen molar-refractivity contribution in [3.63, 3.8) is 0 Å². The highest BCUT2D eigenvalue weighted by atomic mass is 35.5. The largest absolute Gasteiger partial charge is 0.497 e. The minimum atomic E-state index is -3.79. The zero-order valence-electron chi connectivity index (χ0n) is 15.1. The van der Waals surface area contributed by atoms with Crippen LogP contribution in [0.5, 0.6) is 5.75 Å². The minimum Gasteiger partial charge on any atom is -0.497 e. The van der Waals surface area contributed by atoms with E-state index < -0.39 is 10.0 Å². The van der Waals surface area contributed by atoms with E-state index in [1.807, 2.05) is 30.3 Å². The lowest BCUT2D eigenvalue weighted by molar-refractivity contribution is 0.414. The SMILES string of the molecule is COc1cccc(CN(c2cccc(Cl)c2)S(=O)(=O)c2ccccc2C)c1. The molecule has 6 heteroatoms. The van der Waals surface area contributed by atoms with Crippen LogP contribution in [-0.2, 0) is 16.6 Å². The van der Waals surface area contributed by atoms with Crippen molar-refractivity contribution in [3.8, 4) is 5.75 Å². The second kappa shape index (κ2) is 8.03. The van der Waals surface area contributed by atoms with E-state index in [2.05, 4.69) is 0 Å². The van der Waals surface area contributed by atoms with E-state index in [0.29, 0.717) is 22.0 Å². The summed E-state index contributed by atoms with van der Waals surface area (Å²) in [6, 6.07) is 21.1. The molecule has 0 bridgehead atoms. The number of hydrogen-bond acceptors (Lipinski definition) is 3. The van der Waals surface area contributed by atoms with E-state index in [0.717, 1.165) is 5.56 Å². The molecule has 140 valence electrons. The number of benzene rings is 3. The molecule has 0 heterocycles. The molecule has 4 nitrogen and oxygen atoms in total. The predicted octanol–water partition coefficient (Wildman–Crippen LogP) is 5.05. The smallest absolute Gasteiger partial charge is 0.264 e. The number of anilines is 1. The van der Waals surface area contributed by atoms with Crippen molar-refractivity contribution in [1.29, 1.82) is 0 Å². The average Bonchev–Trinajstić information content (AvgIpc) is 2.66. The molecule has 3 rings (SSSR count). The summed E-state index contributed by atoms with van der Waals surface area (Å²) in [5.74, 6) is 0.673. The molecule has 0 aliphatic carbocycles. The molecule has 0 aliphatic rings. The number of methoxy groups -OCH3 is 1. The van der Waals surface area contributed by atoms with Crippen LogP contribution in [0.2, 0.25) is 5.02 Å². The van der Waals surface area contributed by atoms with Crippen LogP contribution in [0, 0.1) is 6.92 Å². The molecular formula is C21H20ClNO3S. The van der Waals surface area contributed by atoms with Gasteiger partial charge in [-0.25, -0.2) is 8.42 Å². The molecule has 0 aromatic heterocycles. The molecule has 0 unspecified atom stereocenters. The molecular weight excluding hydrogens is 382 g/mol. The Morgan fingerprint density at radius 2 is 1.70 bits per heavy atom. The normalized spacial score (nSPS) is 11.2. The summed E-state index contributed by atoms with van der Waals surface area (Å²) in [6.07, 6.45) is 0. The zero-order chi connectivity index (χ0) is 19.4. The highest BCUT2D eigenvalue weighted by molar-refractivity contribution is 7.92. The molecule has 0 saturated carbocycles. The Morgan fingerprint density at radius 3 is 2.41 bits per heavy atom. The number of hydrogen-bond donors (Lipinski definition) is 0. The maximum Gasteiger partial charge on any atom is 0.264 e. The van der Waals surface area contributed by atoms with Gasteiger partial charge in [-0.3, -0.25) is 4.31 Å². The van der Waals surface area contributed by atoms with Gasteiger partial charge >= 0.3 is 0 Å². The molecule has 0 atom stereocenters. The fourth-order valence-electron chi connectivity index (χ4n) is 2.85. The van der Waals surface area contributed by atoms with Gasteiger partial charge in [-0.2, -0.15) is 0 Å². The van der Waals surface area contributed by atoms with Crippen LogP contribution in [0.25, 0.3) is 0 Å². The van der Waals surface area contributed by atoms with E-state index >= 15 is 0 Å². The number of ether oxygens (including phenoxy) is 1. The Bertz CT molecular complexity index is 1050. The summed E-state index contributed by atoms with van der Waals surface area (Å²) in [4.78, 5) is 0.271. The van der Waals surface area contributed by atoms with Gasteiger partial charge in [-0.05, 0) is 54.4 Å². The molecule has 0 fully saturated rings. The maximum absolute atomic E-state index is 13.5. The summed E-state index contributed by atoms with van der Waals surface area (Å²) in [6.45, 7) is 1.95.